The minimum absolute atomic E-state index is 0.0418. The third-order valence-corrected chi connectivity index (χ3v) is 5.75. The number of oxazole rings is 1. The second-order valence-corrected chi connectivity index (χ2v) is 8.66. The molecule has 0 amide bonds. The third kappa shape index (κ3) is 5.12. The Morgan fingerprint density at radius 1 is 1.36 bits per heavy atom. The number of hydrazine groups is 1. The summed E-state index contributed by atoms with van der Waals surface area (Å²) in [7, 11) is 0. The monoisotopic (exact) mass is 448 g/mol. The normalized spacial score (nSPS) is 16.2. The van der Waals surface area contributed by atoms with Crippen LogP contribution in [0.25, 0.3) is 5.57 Å². The van der Waals surface area contributed by atoms with Crippen molar-refractivity contribution in [1.29, 1.82) is 0 Å². The lowest BCUT2D eigenvalue weighted by molar-refractivity contribution is 0.242. The zero-order valence-electron chi connectivity index (χ0n) is 19.3. The number of hydrogen-bond donors (Lipinski definition) is 3. The summed E-state index contributed by atoms with van der Waals surface area (Å²) < 4.78 is 11.9. The van der Waals surface area contributed by atoms with E-state index in [0.717, 1.165) is 47.3 Å². The number of nitrogens with one attached hydrogen (secondary N) is 1. The highest BCUT2D eigenvalue weighted by atomic mass is 16.5. The summed E-state index contributed by atoms with van der Waals surface area (Å²) in [5.41, 5.74) is 12.9. The number of hydrogen-bond acceptors (Lipinski definition) is 7. The number of aromatic nitrogens is 1. The Morgan fingerprint density at radius 3 is 2.82 bits per heavy atom. The molecule has 0 radical (unpaired) electrons. The van der Waals surface area contributed by atoms with Gasteiger partial charge in [-0.1, -0.05) is 13.2 Å². The molecule has 2 aromatic rings. The SMILES string of the molecule is C=C(C(=C/C(=C)N1CCc2nc(C3CC3)oc2C1)/N=C\N)c1cc(OC(C)C)ccc1NN. The molecule has 2 heterocycles. The summed E-state index contributed by atoms with van der Waals surface area (Å²) in [4.78, 5) is 11.2. The molecule has 0 spiro atoms. The molecule has 8 heteroatoms. The summed E-state index contributed by atoms with van der Waals surface area (Å²) in [5, 5.41) is 0. The maximum Gasteiger partial charge on any atom is 0.197 e. The number of ether oxygens (including phenoxy) is 1. The lowest BCUT2D eigenvalue weighted by Gasteiger charge is -2.28. The summed E-state index contributed by atoms with van der Waals surface area (Å²) >= 11 is 0. The Labute approximate surface area is 194 Å². The van der Waals surface area contributed by atoms with Crippen LogP contribution >= 0.6 is 0 Å². The Balaban J connectivity index is 1.56. The van der Waals surface area contributed by atoms with Crippen LogP contribution in [0.2, 0.25) is 0 Å². The zero-order valence-corrected chi connectivity index (χ0v) is 19.3. The van der Waals surface area contributed by atoms with Crippen LogP contribution in [0, 0.1) is 0 Å². The van der Waals surface area contributed by atoms with Crippen LogP contribution in [0.15, 0.2) is 58.2 Å². The number of fused-ring (bicyclic) bond motifs is 1. The lowest BCUT2D eigenvalue weighted by atomic mass is 10.0. The van der Waals surface area contributed by atoms with E-state index in [1.54, 1.807) is 0 Å². The molecule has 4 rings (SSSR count). The van der Waals surface area contributed by atoms with E-state index >= 15 is 0 Å². The Kier molecular flexibility index (Phi) is 6.55. The van der Waals surface area contributed by atoms with Gasteiger partial charge >= 0.3 is 0 Å². The fraction of sp³-hybridized carbons (Fsp3) is 0.360. The largest absolute Gasteiger partial charge is 0.491 e. The van der Waals surface area contributed by atoms with E-state index in [4.69, 9.17) is 20.7 Å². The minimum Gasteiger partial charge on any atom is -0.491 e. The lowest BCUT2D eigenvalue weighted by Crippen LogP contribution is -2.28. The van der Waals surface area contributed by atoms with Gasteiger partial charge in [-0.2, -0.15) is 0 Å². The van der Waals surface area contributed by atoms with Gasteiger partial charge in [0.15, 0.2) is 5.89 Å². The fourth-order valence-corrected chi connectivity index (χ4v) is 3.88. The van der Waals surface area contributed by atoms with Crippen molar-refractivity contribution in [2.45, 2.75) is 51.7 Å². The number of nitrogens with zero attached hydrogens (tertiary/aromatic N) is 3. The number of rotatable bonds is 9. The topological polar surface area (TPSA) is 115 Å². The Morgan fingerprint density at radius 2 is 2.15 bits per heavy atom. The van der Waals surface area contributed by atoms with Crippen LogP contribution in [0.4, 0.5) is 5.69 Å². The van der Waals surface area contributed by atoms with Gasteiger partial charge in [0.05, 0.1) is 36.1 Å². The maximum absolute atomic E-state index is 6.04. The third-order valence-electron chi connectivity index (χ3n) is 5.75. The molecule has 8 nitrogen and oxygen atoms in total. The molecule has 0 atom stereocenters. The molecule has 1 aromatic heterocycles. The molecule has 5 N–H and O–H groups in total. The molecule has 1 saturated carbocycles. The van der Waals surface area contributed by atoms with Gasteiger partial charge in [-0.05, 0) is 51.0 Å². The molecular weight excluding hydrogens is 416 g/mol. The van der Waals surface area contributed by atoms with Crippen LogP contribution in [0.5, 0.6) is 5.75 Å². The first kappa shape index (κ1) is 22.7. The van der Waals surface area contributed by atoms with Gasteiger partial charge < -0.3 is 25.2 Å². The second kappa shape index (κ2) is 9.54. The molecule has 174 valence electrons. The highest BCUT2D eigenvalue weighted by molar-refractivity contribution is 5.86. The predicted octanol–water partition coefficient (Wildman–Crippen LogP) is 4.08. The van der Waals surface area contributed by atoms with Crippen molar-refractivity contribution in [1.82, 2.24) is 9.88 Å². The van der Waals surface area contributed by atoms with Crippen molar-refractivity contribution in [3.05, 3.63) is 71.7 Å². The van der Waals surface area contributed by atoms with Crippen LogP contribution in [-0.2, 0) is 13.0 Å². The van der Waals surface area contributed by atoms with E-state index in [1.165, 1.54) is 19.2 Å². The highest BCUT2D eigenvalue weighted by Crippen LogP contribution is 2.41. The van der Waals surface area contributed by atoms with Crippen molar-refractivity contribution in [3.8, 4) is 5.75 Å². The van der Waals surface area contributed by atoms with Crippen molar-refractivity contribution in [2.75, 3.05) is 12.0 Å². The number of aliphatic imine (C=N–C) groups is 1. The Hall–Kier alpha value is -3.52. The van der Waals surface area contributed by atoms with Crippen molar-refractivity contribution < 1.29 is 9.15 Å². The molecule has 1 aliphatic heterocycles. The molecule has 1 aliphatic carbocycles. The molecule has 0 unspecified atom stereocenters. The first-order valence-electron chi connectivity index (χ1n) is 11.2. The van der Waals surface area contributed by atoms with Crippen molar-refractivity contribution >= 4 is 17.6 Å². The number of nitrogens with two attached hydrogens (primary N) is 2. The molecule has 33 heavy (non-hydrogen) atoms. The first-order chi connectivity index (χ1) is 15.9. The standard InChI is InChI=1S/C25H32N6O2/c1-15(2)32-19-7-8-21(30-27)20(12-19)17(4)23(28-14-26)11-16(3)31-10-9-22-24(13-31)33-25(29-22)18-5-6-18/h7-8,11-12,14-15,18,30H,3-6,9-10,13,27H2,1-2H3,(H2,26,28)/b23-11-. The quantitative estimate of drug-likeness (QED) is 0.174. The molecule has 0 bridgehead atoms. The number of anilines is 1. The summed E-state index contributed by atoms with van der Waals surface area (Å²) in [6.45, 7) is 13.9. The van der Waals surface area contributed by atoms with Gasteiger partial charge in [-0.15, -0.1) is 0 Å². The van der Waals surface area contributed by atoms with Crippen molar-refractivity contribution in [2.24, 2.45) is 16.6 Å². The molecule has 1 aromatic carbocycles. The van der Waals surface area contributed by atoms with Gasteiger partial charge in [0.2, 0.25) is 0 Å². The number of allylic oxidation sites excluding steroid dienone is 2. The minimum atomic E-state index is 0.0418. The predicted molar refractivity (Wildman–Crippen MR) is 132 cm³/mol. The van der Waals surface area contributed by atoms with Crippen LogP contribution in [0.3, 0.4) is 0 Å². The summed E-state index contributed by atoms with van der Waals surface area (Å²) in [6, 6.07) is 5.60. The van der Waals surface area contributed by atoms with Crippen molar-refractivity contribution in [3.63, 3.8) is 0 Å². The number of benzene rings is 1. The first-order valence-corrected chi connectivity index (χ1v) is 11.2. The van der Waals surface area contributed by atoms with Gasteiger partial charge in [0.25, 0.3) is 0 Å². The molecule has 0 saturated heterocycles. The Bertz CT molecular complexity index is 1110. The highest BCUT2D eigenvalue weighted by Gasteiger charge is 2.32. The van der Waals surface area contributed by atoms with Gasteiger partial charge in [0, 0.05) is 35.7 Å². The van der Waals surface area contributed by atoms with E-state index in [9.17, 15) is 0 Å². The zero-order chi connectivity index (χ0) is 23.5. The average Bonchev–Trinajstić information content (AvgIpc) is 3.56. The van der Waals surface area contributed by atoms with E-state index in [0.29, 0.717) is 29.4 Å². The fourth-order valence-electron chi connectivity index (χ4n) is 3.88. The van der Waals surface area contributed by atoms with Crippen LogP contribution < -0.4 is 21.7 Å². The van der Waals surface area contributed by atoms with Crippen LogP contribution in [-0.4, -0.2) is 28.9 Å². The van der Waals surface area contributed by atoms with E-state index in [2.05, 4.69) is 33.5 Å². The van der Waals surface area contributed by atoms with Crippen LogP contribution in [0.1, 0.15) is 55.5 Å². The number of nitrogen functional groups attached to an aromatic ring is 1. The summed E-state index contributed by atoms with van der Waals surface area (Å²) in [6.07, 6.45) is 6.34. The average molecular weight is 449 g/mol. The summed E-state index contributed by atoms with van der Waals surface area (Å²) in [5.74, 6) is 8.78. The van der Waals surface area contributed by atoms with E-state index in [-0.39, 0.29) is 6.10 Å². The molecular formula is C25H32N6O2. The van der Waals surface area contributed by atoms with Gasteiger partial charge in [0.1, 0.15) is 11.5 Å². The molecule has 2 aliphatic rings. The van der Waals surface area contributed by atoms with Gasteiger partial charge in [-0.25, -0.2) is 9.98 Å². The molecule has 1 fully saturated rings. The van der Waals surface area contributed by atoms with E-state index < -0.39 is 0 Å². The van der Waals surface area contributed by atoms with Gasteiger partial charge in [-0.3, -0.25) is 5.84 Å². The smallest absolute Gasteiger partial charge is 0.197 e. The second-order valence-electron chi connectivity index (χ2n) is 8.66. The van der Waals surface area contributed by atoms with E-state index in [1.807, 2.05) is 38.1 Å². The maximum atomic E-state index is 6.04.